The van der Waals surface area contributed by atoms with Crippen molar-refractivity contribution in [2.75, 3.05) is 13.2 Å². The summed E-state index contributed by atoms with van der Waals surface area (Å²) < 4.78 is 6.24. The largest absolute Gasteiger partial charge is 0.463 e. The highest BCUT2D eigenvalue weighted by molar-refractivity contribution is 9.10. The molecule has 0 spiro atoms. The first-order valence-corrected chi connectivity index (χ1v) is 8.59. The van der Waals surface area contributed by atoms with Crippen LogP contribution in [0.2, 0.25) is 0 Å². The Morgan fingerprint density at radius 3 is 2.68 bits per heavy atom. The van der Waals surface area contributed by atoms with Crippen LogP contribution >= 0.6 is 15.9 Å². The molecule has 1 aromatic rings. The summed E-state index contributed by atoms with van der Waals surface area (Å²) in [5.74, 6) is -0.226. The summed E-state index contributed by atoms with van der Waals surface area (Å²) in [7, 11) is 0. The van der Waals surface area contributed by atoms with Gasteiger partial charge in [-0.05, 0) is 37.5 Å². The molecule has 120 valence electrons. The van der Waals surface area contributed by atoms with Gasteiger partial charge in [-0.15, -0.1) is 0 Å². The van der Waals surface area contributed by atoms with E-state index in [1.165, 1.54) is 5.56 Å². The van der Waals surface area contributed by atoms with E-state index in [1.807, 2.05) is 19.1 Å². The number of esters is 1. The fourth-order valence-electron chi connectivity index (χ4n) is 2.53. The SMILES string of the molecule is CCCCN1NC=C(C(=O)OCC)C1Cc1ccc(Br)cc1. The van der Waals surface area contributed by atoms with Crippen LogP contribution in [-0.4, -0.2) is 30.2 Å². The molecule has 1 aliphatic heterocycles. The number of carbonyl (C=O) groups is 1. The molecule has 0 aliphatic carbocycles. The van der Waals surface area contributed by atoms with Crippen molar-refractivity contribution in [3.8, 4) is 0 Å². The number of halogens is 1. The van der Waals surface area contributed by atoms with Gasteiger partial charge in [0.2, 0.25) is 0 Å². The Morgan fingerprint density at radius 1 is 1.32 bits per heavy atom. The molecule has 1 heterocycles. The predicted octanol–water partition coefficient (Wildman–Crippen LogP) is 3.43. The zero-order valence-electron chi connectivity index (χ0n) is 13.1. The number of nitrogens with zero attached hydrogens (tertiary/aromatic N) is 1. The topological polar surface area (TPSA) is 41.6 Å². The summed E-state index contributed by atoms with van der Waals surface area (Å²) in [4.78, 5) is 12.2. The van der Waals surface area contributed by atoms with Crippen LogP contribution in [0.3, 0.4) is 0 Å². The second kappa shape index (κ2) is 8.34. The Bertz CT molecular complexity index is 528. The zero-order valence-corrected chi connectivity index (χ0v) is 14.7. The van der Waals surface area contributed by atoms with E-state index in [0.29, 0.717) is 12.2 Å². The minimum Gasteiger partial charge on any atom is -0.463 e. The lowest BCUT2D eigenvalue weighted by Gasteiger charge is -2.26. The Kier molecular flexibility index (Phi) is 6.46. The predicted molar refractivity (Wildman–Crippen MR) is 91.1 cm³/mol. The molecule has 1 N–H and O–H groups in total. The van der Waals surface area contributed by atoms with Crippen molar-refractivity contribution in [1.29, 1.82) is 0 Å². The molecule has 0 saturated heterocycles. The number of ether oxygens (including phenoxy) is 1. The number of hydrogen-bond donors (Lipinski definition) is 1. The lowest BCUT2D eigenvalue weighted by molar-refractivity contribution is -0.139. The van der Waals surface area contributed by atoms with E-state index in [4.69, 9.17) is 4.74 Å². The van der Waals surface area contributed by atoms with E-state index in [0.717, 1.165) is 30.3 Å². The fraction of sp³-hybridized carbons (Fsp3) is 0.471. The number of unbranched alkanes of at least 4 members (excludes halogenated alkanes) is 1. The van der Waals surface area contributed by atoms with Gasteiger partial charge in [0.15, 0.2) is 0 Å². The van der Waals surface area contributed by atoms with Gasteiger partial charge in [0.05, 0.1) is 18.2 Å². The highest BCUT2D eigenvalue weighted by atomic mass is 79.9. The van der Waals surface area contributed by atoms with Gasteiger partial charge in [-0.1, -0.05) is 41.4 Å². The summed E-state index contributed by atoms with van der Waals surface area (Å²) in [6, 6.07) is 8.25. The van der Waals surface area contributed by atoms with E-state index in [1.54, 1.807) is 6.20 Å². The van der Waals surface area contributed by atoms with Gasteiger partial charge in [-0.25, -0.2) is 9.80 Å². The Morgan fingerprint density at radius 2 is 2.05 bits per heavy atom. The maximum absolute atomic E-state index is 12.2. The monoisotopic (exact) mass is 366 g/mol. The Labute approximate surface area is 140 Å². The molecule has 0 amide bonds. The molecule has 1 unspecified atom stereocenters. The number of hydrazine groups is 1. The standard InChI is InChI=1S/C17H23BrN2O2/c1-3-5-10-20-16(11-13-6-8-14(18)9-7-13)15(12-19-20)17(21)22-4-2/h6-9,12,16,19H,3-5,10-11H2,1-2H3. The average Bonchev–Trinajstić information content (AvgIpc) is 2.90. The molecule has 2 rings (SSSR count). The number of nitrogens with one attached hydrogen (secondary N) is 1. The van der Waals surface area contributed by atoms with E-state index >= 15 is 0 Å². The van der Waals surface area contributed by atoms with E-state index in [2.05, 4.69) is 45.4 Å². The van der Waals surface area contributed by atoms with Crippen LogP contribution in [0.1, 0.15) is 32.3 Å². The van der Waals surface area contributed by atoms with Crippen molar-refractivity contribution in [2.45, 2.75) is 39.2 Å². The van der Waals surface area contributed by atoms with Crippen molar-refractivity contribution in [2.24, 2.45) is 0 Å². The van der Waals surface area contributed by atoms with Crippen LogP contribution in [0.25, 0.3) is 0 Å². The lowest BCUT2D eigenvalue weighted by Crippen LogP contribution is -2.41. The van der Waals surface area contributed by atoms with Gasteiger partial charge in [0.25, 0.3) is 0 Å². The van der Waals surface area contributed by atoms with E-state index in [9.17, 15) is 4.79 Å². The molecule has 0 aromatic heterocycles. The molecule has 0 bridgehead atoms. The van der Waals surface area contributed by atoms with Gasteiger partial charge in [-0.2, -0.15) is 0 Å². The molecule has 0 saturated carbocycles. The van der Waals surface area contributed by atoms with Gasteiger partial charge in [0, 0.05) is 17.2 Å². The highest BCUT2D eigenvalue weighted by Crippen LogP contribution is 2.22. The van der Waals surface area contributed by atoms with Crippen molar-refractivity contribution in [1.82, 2.24) is 10.4 Å². The average molecular weight is 367 g/mol. The number of hydrogen-bond acceptors (Lipinski definition) is 4. The first kappa shape index (κ1) is 17.0. The zero-order chi connectivity index (χ0) is 15.9. The summed E-state index contributed by atoms with van der Waals surface area (Å²) in [5, 5.41) is 2.14. The summed E-state index contributed by atoms with van der Waals surface area (Å²) >= 11 is 3.45. The third-order valence-electron chi connectivity index (χ3n) is 3.73. The summed E-state index contributed by atoms with van der Waals surface area (Å²) in [6.45, 7) is 5.31. The van der Waals surface area contributed by atoms with Crippen molar-refractivity contribution >= 4 is 21.9 Å². The second-order valence-electron chi connectivity index (χ2n) is 5.34. The van der Waals surface area contributed by atoms with Crippen LogP contribution in [0.15, 0.2) is 40.5 Å². The molecule has 0 radical (unpaired) electrons. The van der Waals surface area contributed by atoms with Crippen LogP contribution in [0.4, 0.5) is 0 Å². The van der Waals surface area contributed by atoms with Gasteiger partial charge in [-0.3, -0.25) is 0 Å². The molecule has 0 fully saturated rings. The Balaban J connectivity index is 2.12. The minimum absolute atomic E-state index is 0.0202. The normalized spacial score (nSPS) is 18.0. The molecule has 1 aromatic carbocycles. The minimum atomic E-state index is -0.226. The maximum atomic E-state index is 12.2. The fourth-order valence-corrected chi connectivity index (χ4v) is 2.79. The Hall–Kier alpha value is -1.33. The molecular formula is C17H23BrN2O2. The number of carbonyl (C=O) groups excluding carboxylic acids is 1. The van der Waals surface area contributed by atoms with Crippen molar-refractivity contribution in [3.63, 3.8) is 0 Å². The van der Waals surface area contributed by atoms with Crippen molar-refractivity contribution in [3.05, 3.63) is 46.1 Å². The van der Waals surface area contributed by atoms with Gasteiger partial charge >= 0.3 is 5.97 Å². The number of benzene rings is 1. The lowest BCUT2D eigenvalue weighted by atomic mass is 9.99. The van der Waals surface area contributed by atoms with Crippen LogP contribution in [0, 0.1) is 0 Å². The van der Waals surface area contributed by atoms with Crippen LogP contribution in [0.5, 0.6) is 0 Å². The van der Waals surface area contributed by atoms with E-state index in [-0.39, 0.29) is 12.0 Å². The van der Waals surface area contributed by atoms with Gasteiger partial charge in [0.1, 0.15) is 0 Å². The molecule has 22 heavy (non-hydrogen) atoms. The summed E-state index contributed by atoms with van der Waals surface area (Å²) in [6.07, 6.45) is 4.79. The smallest absolute Gasteiger partial charge is 0.337 e. The molecule has 5 heteroatoms. The summed E-state index contributed by atoms with van der Waals surface area (Å²) in [5.41, 5.74) is 5.14. The van der Waals surface area contributed by atoms with Crippen molar-refractivity contribution < 1.29 is 9.53 Å². The van der Waals surface area contributed by atoms with Gasteiger partial charge < -0.3 is 10.2 Å². The third kappa shape index (κ3) is 4.34. The highest BCUT2D eigenvalue weighted by Gasteiger charge is 2.32. The van der Waals surface area contributed by atoms with E-state index < -0.39 is 0 Å². The van der Waals surface area contributed by atoms with Crippen LogP contribution in [-0.2, 0) is 16.0 Å². The molecule has 1 aliphatic rings. The second-order valence-corrected chi connectivity index (χ2v) is 6.26. The maximum Gasteiger partial charge on any atom is 0.337 e. The molecular weight excluding hydrogens is 344 g/mol. The first-order valence-electron chi connectivity index (χ1n) is 7.80. The molecule has 4 nitrogen and oxygen atoms in total. The molecule has 1 atom stereocenters. The number of rotatable bonds is 7. The first-order chi connectivity index (χ1) is 10.7. The quantitative estimate of drug-likeness (QED) is 0.750. The third-order valence-corrected chi connectivity index (χ3v) is 4.26. The van der Waals surface area contributed by atoms with Crippen LogP contribution < -0.4 is 5.43 Å².